The molecule has 1 fully saturated rings. The van der Waals surface area contributed by atoms with Crippen LogP contribution in [0.25, 0.3) is 0 Å². The first-order chi connectivity index (χ1) is 13.0. The first-order valence-corrected chi connectivity index (χ1v) is 11.4. The maximum Gasteiger partial charge on any atom is 0.191 e. The summed E-state index contributed by atoms with van der Waals surface area (Å²) in [7, 11) is 0. The Bertz CT molecular complexity index is 638. The third kappa shape index (κ3) is 5.16. The van der Waals surface area contributed by atoms with Crippen molar-refractivity contribution in [2.45, 2.75) is 69.7 Å². The largest absolute Gasteiger partial charge is 0.381 e. The highest BCUT2D eigenvalue weighted by atomic mass is 32.2. The van der Waals surface area contributed by atoms with E-state index in [0.717, 1.165) is 76.1 Å². The number of rotatable bonds is 6. The molecule has 3 heterocycles. The number of nitrogens with zero attached hydrogens (tertiary/aromatic N) is 4. The summed E-state index contributed by atoms with van der Waals surface area (Å²) in [6.07, 6.45) is 6.35. The van der Waals surface area contributed by atoms with Gasteiger partial charge in [0, 0.05) is 42.9 Å². The fourth-order valence-corrected chi connectivity index (χ4v) is 4.37. The van der Waals surface area contributed by atoms with Crippen LogP contribution >= 0.6 is 11.8 Å². The van der Waals surface area contributed by atoms with E-state index in [2.05, 4.69) is 52.4 Å². The highest BCUT2D eigenvalue weighted by Gasteiger charge is 2.32. The van der Waals surface area contributed by atoms with Crippen molar-refractivity contribution in [3.63, 3.8) is 0 Å². The normalized spacial score (nSPS) is 22.6. The number of nitrogens with one attached hydrogen (secondary N) is 2. The minimum atomic E-state index is 0.207. The molecule has 0 saturated carbocycles. The van der Waals surface area contributed by atoms with E-state index in [1.165, 1.54) is 0 Å². The third-order valence-corrected chi connectivity index (χ3v) is 6.84. The van der Waals surface area contributed by atoms with Gasteiger partial charge in [-0.15, -0.1) is 0 Å². The molecule has 1 aromatic heterocycles. The van der Waals surface area contributed by atoms with E-state index in [1.807, 2.05) is 11.8 Å². The molecule has 0 aromatic carbocycles. The smallest absolute Gasteiger partial charge is 0.191 e. The van der Waals surface area contributed by atoms with Crippen LogP contribution in [0.5, 0.6) is 0 Å². The van der Waals surface area contributed by atoms with Gasteiger partial charge >= 0.3 is 0 Å². The summed E-state index contributed by atoms with van der Waals surface area (Å²) in [5, 5.41) is 11.7. The average Bonchev–Trinajstić information content (AvgIpc) is 3.11. The Labute approximate surface area is 167 Å². The van der Waals surface area contributed by atoms with Gasteiger partial charge in [-0.2, -0.15) is 16.9 Å². The number of hydrogen-bond donors (Lipinski definition) is 2. The first-order valence-electron chi connectivity index (χ1n) is 10.2. The van der Waals surface area contributed by atoms with Crippen LogP contribution in [0.4, 0.5) is 0 Å². The lowest BCUT2D eigenvalue weighted by Gasteiger charge is -2.34. The van der Waals surface area contributed by atoms with Crippen molar-refractivity contribution in [2.24, 2.45) is 4.99 Å². The van der Waals surface area contributed by atoms with Crippen molar-refractivity contribution in [1.82, 2.24) is 25.4 Å². The van der Waals surface area contributed by atoms with Crippen molar-refractivity contribution < 1.29 is 4.74 Å². The minimum absolute atomic E-state index is 0.207. The lowest BCUT2D eigenvalue weighted by atomic mass is 9.99. The lowest BCUT2D eigenvalue weighted by Crippen LogP contribution is -2.48. The Morgan fingerprint density at radius 2 is 2.19 bits per heavy atom. The van der Waals surface area contributed by atoms with Crippen LogP contribution in [0.1, 0.15) is 57.6 Å². The van der Waals surface area contributed by atoms with E-state index >= 15 is 0 Å². The molecule has 0 bridgehead atoms. The van der Waals surface area contributed by atoms with E-state index in [4.69, 9.17) is 9.73 Å². The molecular weight excluding hydrogens is 360 g/mol. The van der Waals surface area contributed by atoms with Gasteiger partial charge in [0.2, 0.25) is 0 Å². The maximum atomic E-state index is 5.55. The average molecular weight is 395 g/mol. The first kappa shape index (κ1) is 20.5. The monoisotopic (exact) mass is 394 g/mol. The van der Waals surface area contributed by atoms with Crippen molar-refractivity contribution in [2.75, 3.05) is 32.6 Å². The number of hydrogen-bond acceptors (Lipinski definition) is 5. The Morgan fingerprint density at radius 3 is 2.85 bits per heavy atom. The predicted molar refractivity (Wildman–Crippen MR) is 112 cm³/mol. The Morgan fingerprint density at radius 1 is 1.41 bits per heavy atom. The van der Waals surface area contributed by atoms with Gasteiger partial charge in [-0.1, -0.05) is 13.8 Å². The molecule has 2 aliphatic heterocycles. The number of thioether (sulfide) groups is 1. The van der Waals surface area contributed by atoms with Gasteiger partial charge in [-0.05, 0) is 32.4 Å². The van der Waals surface area contributed by atoms with Crippen molar-refractivity contribution in [1.29, 1.82) is 0 Å². The Kier molecular flexibility index (Phi) is 7.03. The van der Waals surface area contributed by atoms with E-state index in [-0.39, 0.29) is 4.75 Å². The highest BCUT2D eigenvalue weighted by Crippen LogP contribution is 2.34. The molecule has 1 atom stereocenters. The fourth-order valence-electron chi connectivity index (χ4n) is 3.60. The summed E-state index contributed by atoms with van der Waals surface area (Å²) in [6.45, 7) is 10.6. The minimum Gasteiger partial charge on any atom is -0.381 e. The molecule has 27 heavy (non-hydrogen) atoms. The molecule has 0 aliphatic carbocycles. The molecule has 0 amide bonds. The fraction of sp³-hybridized carbons (Fsp3) is 0.842. The van der Waals surface area contributed by atoms with Gasteiger partial charge < -0.3 is 15.4 Å². The second-order valence-corrected chi connectivity index (χ2v) is 9.07. The van der Waals surface area contributed by atoms with Crippen molar-refractivity contribution >= 4 is 17.7 Å². The van der Waals surface area contributed by atoms with Crippen molar-refractivity contribution in [3.8, 4) is 0 Å². The van der Waals surface area contributed by atoms with Crippen LogP contribution < -0.4 is 10.6 Å². The summed E-state index contributed by atoms with van der Waals surface area (Å²) >= 11 is 1.93. The molecule has 152 valence electrons. The molecular formula is C19H34N6OS. The van der Waals surface area contributed by atoms with Crippen LogP contribution in [0.15, 0.2) is 4.99 Å². The zero-order valence-corrected chi connectivity index (χ0v) is 17.9. The molecule has 0 radical (unpaired) electrons. The third-order valence-electron chi connectivity index (χ3n) is 5.44. The van der Waals surface area contributed by atoms with Crippen LogP contribution in [0.2, 0.25) is 0 Å². The van der Waals surface area contributed by atoms with Crippen LogP contribution in [0, 0.1) is 0 Å². The van der Waals surface area contributed by atoms with E-state index in [1.54, 1.807) is 0 Å². The molecule has 2 N–H and O–H groups in total. The molecule has 1 saturated heterocycles. The zero-order valence-electron chi connectivity index (χ0n) is 17.1. The standard InChI is InChI=1S/C19H34N6OS/c1-5-20-18(21-13-19(27-4)8-10-26-11-9-19)22-15-6-7-16-23-17(14(2)3)24-25(16)12-15/h14-15H,5-13H2,1-4H3,(H2,20,21,22). The number of ether oxygens (including phenoxy) is 1. The molecule has 0 spiro atoms. The number of fused-ring (bicyclic) bond motifs is 1. The lowest BCUT2D eigenvalue weighted by molar-refractivity contribution is 0.0794. The number of guanidine groups is 1. The maximum absolute atomic E-state index is 5.55. The second kappa shape index (κ2) is 9.28. The predicted octanol–water partition coefficient (Wildman–Crippen LogP) is 2.18. The van der Waals surface area contributed by atoms with Gasteiger partial charge in [0.1, 0.15) is 5.82 Å². The van der Waals surface area contributed by atoms with Crippen LogP contribution in [-0.2, 0) is 17.7 Å². The van der Waals surface area contributed by atoms with Gasteiger partial charge in [0.25, 0.3) is 0 Å². The summed E-state index contributed by atoms with van der Waals surface area (Å²) in [5.74, 6) is 3.35. The van der Waals surface area contributed by atoms with E-state index in [0.29, 0.717) is 12.0 Å². The van der Waals surface area contributed by atoms with Crippen LogP contribution in [0.3, 0.4) is 0 Å². The van der Waals surface area contributed by atoms with Gasteiger partial charge in [-0.3, -0.25) is 4.99 Å². The number of aromatic nitrogens is 3. The van der Waals surface area contributed by atoms with Crippen LogP contribution in [-0.4, -0.2) is 64.1 Å². The quantitative estimate of drug-likeness (QED) is 0.569. The summed E-state index contributed by atoms with van der Waals surface area (Å²) < 4.78 is 7.82. The Balaban J connectivity index is 1.63. The number of aryl methyl sites for hydroxylation is 1. The van der Waals surface area contributed by atoms with E-state index in [9.17, 15) is 0 Å². The van der Waals surface area contributed by atoms with Gasteiger partial charge in [0.15, 0.2) is 11.8 Å². The number of aliphatic imine (C=N–C) groups is 1. The molecule has 2 aliphatic rings. The summed E-state index contributed by atoms with van der Waals surface area (Å²) in [6, 6.07) is 0.330. The highest BCUT2D eigenvalue weighted by molar-refractivity contribution is 8.00. The Hall–Kier alpha value is -1.28. The van der Waals surface area contributed by atoms with Gasteiger partial charge in [-0.25, -0.2) is 9.67 Å². The molecule has 1 unspecified atom stereocenters. The van der Waals surface area contributed by atoms with Crippen molar-refractivity contribution in [3.05, 3.63) is 11.6 Å². The SMILES string of the molecule is CCNC(=NCC1(SC)CCOCC1)NC1CCc2nc(C(C)C)nn2C1. The zero-order chi connectivity index (χ0) is 19.3. The molecule has 1 aromatic rings. The molecule has 7 nitrogen and oxygen atoms in total. The van der Waals surface area contributed by atoms with E-state index < -0.39 is 0 Å². The summed E-state index contributed by atoms with van der Waals surface area (Å²) in [4.78, 5) is 9.62. The molecule has 3 rings (SSSR count). The van der Waals surface area contributed by atoms with Gasteiger partial charge in [0.05, 0.1) is 13.1 Å². The molecule has 8 heteroatoms. The summed E-state index contributed by atoms with van der Waals surface area (Å²) in [5.41, 5.74) is 0. The topological polar surface area (TPSA) is 76.4 Å². The second-order valence-electron chi connectivity index (χ2n) is 7.80.